The first-order chi connectivity index (χ1) is 12.8. The summed E-state index contributed by atoms with van der Waals surface area (Å²) in [5.41, 5.74) is 6.36. The van der Waals surface area contributed by atoms with Gasteiger partial charge >= 0.3 is 5.63 Å². The maximum atomic E-state index is 12.3. The average Bonchev–Trinajstić information content (AvgIpc) is 2.59. The Morgan fingerprint density at radius 3 is 2.52 bits per heavy atom. The Kier molecular flexibility index (Phi) is 5.71. The van der Waals surface area contributed by atoms with Crippen LogP contribution in [-0.4, -0.2) is 11.7 Å². The summed E-state index contributed by atoms with van der Waals surface area (Å²) in [5.74, 6) is 0.845. The smallest absolute Gasteiger partial charge is 0.336 e. The zero-order valence-electron chi connectivity index (χ0n) is 16.0. The Morgan fingerprint density at radius 1 is 1.00 bits per heavy atom. The normalized spacial score (nSPS) is 11.0. The lowest BCUT2D eigenvalue weighted by Gasteiger charge is -2.10. The van der Waals surface area contributed by atoms with E-state index in [-0.39, 0.29) is 11.5 Å². The molecule has 1 heterocycles. The van der Waals surface area contributed by atoms with Gasteiger partial charge in [0.2, 0.25) is 5.91 Å². The molecule has 1 N–H and O–H groups in total. The molecule has 0 saturated heterocycles. The third-order valence-electron chi connectivity index (χ3n) is 4.60. The molecule has 1 amide bonds. The fourth-order valence-electron chi connectivity index (χ4n) is 2.91. The number of carbonyl (C=O) groups excluding carboxylic acids is 1. The van der Waals surface area contributed by atoms with Gasteiger partial charge < -0.3 is 9.73 Å². The minimum absolute atomic E-state index is 0.0482. The van der Waals surface area contributed by atoms with E-state index in [9.17, 15) is 9.59 Å². The molecular formula is C22H23NO3S. The second-order valence-electron chi connectivity index (χ2n) is 6.88. The maximum Gasteiger partial charge on any atom is 0.336 e. The zero-order chi connectivity index (χ0) is 19.6. The van der Waals surface area contributed by atoms with Crippen molar-refractivity contribution in [3.05, 3.63) is 74.6 Å². The van der Waals surface area contributed by atoms with E-state index >= 15 is 0 Å². The van der Waals surface area contributed by atoms with Crippen LogP contribution in [0.1, 0.15) is 27.8 Å². The van der Waals surface area contributed by atoms with Gasteiger partial charge in [-0.05, 0) is 73.7 Å². The van der Waals surface area contributed by atoms with Crippen molar-refractivity contribution >= 4 is 34.3 Å². The highest BCUT2D eigenvalue weighted by Gasteiger charge is 2.10. The van der Waals surface area contributed by atoms with Gasteiger partial charge in [-0.3, -0.25) is 4.79 Å². The largest absolute Gasteiger partial charge is 0.423 e. The molecule has 0 saturated carbocycles. The molecule has 27 heavy (non-hydrogen) atoms. The van der Waals surface area contributed by atoms with Crippen LogP contribution in [-0.2, 0) is 10.5 Å². The van der Waals surface area contributed by atoms with Crippen LogP contribution in [0, 0.1) is 27.7 Å². The maximum absolute atomic E-state index is 12.3. The van der Waals surface area contributed by atoms with Crippen molar-refractivity contribution in [3.8, 4) is 0 Å². The Labute approximate surface area is 163 Å². The van der Waals surface area contributed by atoms with Crippen LogP contribution in [0.2, 0.25) is 0 Å². The summed E-state index contributed by atoms with van der Waals surface area (Å²) in [6.45, 7) is 8.00. The molecule has 0 bridgehead atoms. The van der Waals surface area contributed by atoms with E-state index in [0.717, 1.165) is 38.9 Å². The van der Waals surface area contributed by atoms with Crippen molar-refractivity contribution in [1.82, 2.24) is 0 Å². The number of carbonyl (C=O) groups is 1. The fraction of sp³-hybridized carbons (Fsp3) is 0.273. The van der Waals surface area contributed by atoms with Crippen LogP contribution < -0.4 is 10.9 Å². The van der Waals surface area contributed by atoms with Crippen LogP contribution >= 0.6 is 11.8 Å². The van der Waals surface area contributed by atoms with Crippen molar-refractivity contribution in [3.63, 3.8) is 0 Å². The second kappa shape index (κ2) is 8.01. The molecule has 0 aliphatic carbocycles. The van der Waals surface area contributed by atoms with Gasteiger partial charge in [0.1, 0.15) is 5.58 Å². The summed E-state index contributed by atoms with van der Waals surface area (Å²) in [5, 5.41) is 3.89. The van der Waals surface area contributed by atoms with E-state index in [2.05, 4.69) is 5.32 Å². The molecule has 0 atom stereocenters. The Balaban J connectivity index is 1.70. The van der Waals surface area contributed by atoms with Gasteiger partial charge in [0.05, 0.1) is 5.75 Å². The predicted molar refractivity (Wildman–Crippen MR) is 113 cm³/mol. The third-order valence-corrected chi connectivity index (χ3v) is 5.58. The molecule has 140 valence electrons. The van der Waals surface area contributed by atoms with E-state index in [1.165, 1.54) is 17.8 Å². The van der Waals surface area contributed by atoms with E-state index in [0.29, 0.717) is 17.1 Å². The summed E-state index contributed by atoms with van der Waals surface area (Å²) in [6, 6.07) is 11.5. The number of fused-ring (bicyclic) bond motifs is 1. The van der Waals surface area contributed by atoms with E-state index < -0.39 is 0 Å². The molecule has 4 nitrogen and oxygen atoms in total. The molecule has 5 heteroatoms. The van der Waals surface area contributed by atoms with Gasteiger partial charge in [0, 0.05) is 22.9 Å². The number of benzene rings is 2. The molecule has 2 aromatic carbocycles. The first-order valence-corrected chi connectivity index (χ1v) is 9.98. The van der Waals surface area contributed by atoms with E-state index in [4.69, 9.17) is 4.42 Å². The number of thioether (sulfide) groups is 1. The fourth-order valence-corrected chi connectivity index (χ4v) is 3.73. The highest BCUT2D eigenvalue weighted by Crippen LogP contribution is 2.25. The lowest BCUT2D eigenvalue weighted by Crippen LogP contribution is -2.15. The van der Waals surface area contributed by atoms with Gasteiger partial charge in [-0.1, -0.05) is 12.1 Å². The quantitative estimate of drug-likeness (QED) is 0.639. The molecule has 3 rings (SSSR count). The third kappa shape index (κ3) is 4.61. The lowest BCUT2D eigenvalue weighted by atomic mass is 10.0. The molecular weight excluding hydrogens is 358 g/mol. The molecule has 0 radical (unpaired) electrons. The van der Waals surface area contributed by atoms with Crippen molar-refractivity contribution in [2.24, 2.45) is 0 Å². The number of rotatable bonds is 5. The molecule has 0 aliphatic heterocycles. The van der Waals surface area contributed by atoms with Crippen molar-refractivity contribution in [2.75, 3.05) is 11.1 Å². The second-order valence-corrected chi connectivity index (χ2v) is 7.87. The molecule has 3 aromatic rings. The van der Waals surface area contributed by atoms with Gasteiger partial charge in [-0.25, -0.2) is 4.79 Å². The minimum atomic E-state index is -0.360. The van der Waals surface area contributed by atoms with E-state index in [1.54, 1.807) is 0 Å². The highest BCUT2D eigenvalue weighted by atomic mass is 32.2. The highest BCUT2D eigenvalue weighted by molar-refractivity contribution is 7.99. The van der Waals surface area contributed by atoms with E-state index in [1.807, 2.05) is 58.0 Å². The topological polar surface area (TPSA) is 59.3 Å². The Bertz CT molecular complexity index is 1070. The van der Waals surface area contributed by atoms with Crippen molar-refractivity contribution < 1.29 is 9.21 Å². The number of hydrogen-bond acceptors (Lipinski definition) is 4. The number of anilines is 1. The summed E-state index contributed by atoms with van der Waals surface area (Å²) >= 11 is 1.48. The molecule has 0 aliphatic rings. The molecule has 0 spiro atoms. The Morgan fingerprint density at radius 2 is 1.74 bits per heavy atom. The van der Waals surface area contributed by atoms with Crippen molar-refractivity contribution in [1.29, 1.82) is 0 Å². The SMILES string of the molecule is Cc1ccc(C)c(NC(=O)CSCc2cc(=O)oc3cc(C)c(C)cc23)c1. The first-order valence-electron chi connectivity index (χ1n) is 8.82. The first kappa shape index (κ1) is 19.2. The number of aryl methyl sites for hydroxylation is 4. The molecule has 1 aromatic heterocycles. The number of amides is 1. The summed E-state index contributed by atoms with van der Waals surface area (Å²) in [7, 11) is 0. The molecule has 0 unspecified atom stereocenters. The van der Waals surface area contributed by atoms with Crippen LogP contribution in [0.4, 0.5) is 5.69 Å². The summed E-state index contributed by atoms with van der Waals surface area (Å²) < 4.78 is 5.32. The van der Waals surface area contributed by atoms with Gasteiger partial charge in [0.25, 0.3) is 0 Å². The van der Waals surface area contributed by atoms with Crippen LogP contribution in [0.15, 0.2) is 45.6 Å². The average molecular weight is 381 g/mol. The minimum Gasteiger partial charge on any atom is -0.423 e. The number of hydrogen-bond donors (Lipinski definition) is 1. The predicted octanol–water partition coefficient (Wildman–Crippen LogP) is 4.90. The van der Waals surface area contributed by atoms with Crippen LogP contribution in [0.5, 0.6) is 0 Å². The van der Waals surface area contributed by atoms with Crippen molar-refractivity contribution in [2.45, 2.75) is 33.4 Å². The summed E-state index contributed by atoms with van der Waals surface area (Å²) in [6.07, 6.45) is 0. The van der Waals surface area contributed by atoms with Gasteiger partial charge in [0.15, 0.2) is 0 Å². The van der Waals surface area contributed by atoms with Crippen LogP contribution in [0.25, 0.3) is 11.0 Å². The van der Waals surface area contributed by atoms with Crippen LogP contribution in [0.3, 0.4) is 0 Å². The van der Waals surface area contributed by atoms with Gasteiger partial charge in [-0.15, -0.1) is 11.8 Å². The summed E-state index contributed by atoms with van der Waals surface area (Å²) in [4.78, 5) is 24.1. The lowest BCUT2D eigenvalue weighted by molar-refractivity contribution is -0.113. The monoisotopic (exact) mass is 381 g/mol. The number of nitrogens with one attached hydrogen (secondary N) is 1. The van der Waals surface area contributed by atoms with Gasteiger partial charge in [-0.2, -0.15) is 0 Å². The zero-order valence-corrected chi connectivity index (χ0v) is 16.8. The standard InChI is InChI=1S/C22H23NO3S/c1-13-5-6-14(2)19(7-13)23-21(24)12-27-11-17-10-22(25)26-20-9-16(4)15(3)8-18(17)20/h5-10H,11-12H2,1-4H3,(H,23,24). The Hall–Kier alpha value is -2.53. The molecule has 0 fully saturated rings.